The van der Waals surface area contributed by atoms with Crippen LogP contribution in [0.4, 0.5) is 17.6 Å². The van der Waals surface area contributed by atoms with E-state index >= 15 is 0 Å². The van der Waals surface area contributed by atoms with Gasteiger partial charge in [0, 0.05) is 28.3 Å². The van der Waals surface area contributed by atoms with Crippen molar-refractivity contribution in [3.8, 4) is 0 Å². The summed E-state index contributed by atoms with van der Waals surface area (Å²) in [7, 11) is 0. The molecule has 2 atom stereocenters. The number of hydrogen-bond acceptors (Lipinski definition) is 0. The normalized spacial score (nSPS) is 30.5. The molecule has 17 heavy (non-hydrogen) atoms. The van der Waals surface area contributed by atoms with E-state index in [1.165, 1.54) is 0 Å². The van der Waals surface area contributed by atoms with Crippen molar-refractivity contribution in [1.29, 1.82) is 0 Å². The Labute approximate surface area is 101 Å². The Balaban J connectivity index is 2.33. The van der Waals surface area contributed by atoms with Crippen molar-refractivity contribution in [2.45, 2.75) is 36.5 Å². The minimum absolute atomic E-state index is 0.0381. The van der Waals surface area contributed by atoms with Crippen molar-refractivity contribution >= 4 is 11.6 Å². The zero-order chi connectivity index (χ0) is 12.3. The highest BCUT2D eigenvalue weighted by Gasteiger charge is 2.47. The Bertz CT molecular complexity index is 457. The summed E-state index contributed by atoms with van der Waals surface area (Å²) in [6.07, 6.45) is 1.97. The van der Waals surface area contributed by atoms with Crippen LogP contribution in [0.5, 0.6) is 0 Å². The highest BCUT2D eigenvalue weighted by Crippen LogP contribution is 2.55. The molecule has 5 heteroatoms. The molecule has 1 aromatic rings. The molecule has 0 amide bonds. The number of alkyl halides is 1. The van der Waals surface area contributed by atoms with Gasteiger partial charge >= 0.3 is 0 Å². The second kappa shape index (κ2) is 3.61. The van der Waals surface area contributed by atoms with E-state index in [0.717, 1.165) is 6.42 Å². The molecule has 1 aromatic carbocycles. The lowest BCUT2D eigenvalue weighted by Crippen LogP contribution is -2.17. The van der Waals surface area contributed by atoms with Gasteiger partial charge in [0.15, 0.2) is 23.3 Å². The number of halogens is 5. The van der Waals surface area contributed by atoms with Crippen molar-refractivity contribution in [3.05, 3.63) is 34.4 Å². The Kier molecular flexibility index (Phi) is 2.41. The zero-order valence-electron chi connectivity index (χ0n) is 8.74. The Hall–Kier alpha value is -0.770. The molecule has 0 aromatic heterocycles. The highest BCUT2D eigenvalue weighted by molar-refractivity contribution is 6.22. The topological polar surface area (TPSA) is 0 Å². The van der Waals surface area contributed by atoms with Crippen LogP contribution in [-0.2, 0) is 0 Å². The molecular formula is C12H9ClF4. The maximum atomic E-state index is 13.7. The maximum absolute atomic E-state index is 13.7. The third-order valence-electron chi connectivity index (χ3n) is 3.88. The summed E-state index contributed by atoms with van der Waals surface area (Å²) in [5, 5.41) is -0.455. The van der Waals surface area contributed by atoms with Crippen molar-refractivity contribution in [1.82, 2.24) is 0 Å². The average molecular weight is 265 g/mol. The summed E-state index contributed by atoms with van der Waals surface area (Å²) < 4.78 is 53.8. The molecule has 0 saturated heterocycles. The smallest absolute Gasteiger partial charge is 0.197 e. The zero-order valence-corrected chi connectivity index (χ0v) is 9.50. The van der Waals surface area contributed by atoms with E-state index in [2.05, 4.69) is 0 Å². The first-order chi connectivity index (χ1) is 8.04. The van der Waals surface area contributed by atoms with Gasteiger partial charge in [0.2, 0.25) is 0 Å². The lowest BCUT2D eigenvalue weighted by molar-refractivity contribution is 0.400. The van der Waals surface area contributed by atoms with Crippen LogP contribution in [0.2, 0.25) is 0 Å². The van der Waals surface area contributed by atoms with Gasteiger partial charge < -0.3 is 0 Å². The van der Waals surface area contributed by atoms with Gasteiger partial charge in [-0.15, -0.1) is 11.6 Å². The molecule has 92 valence electrons. The van der Waals surface area contributed by atoms with Gasteiger partial charge in [0.05, 0.1) is 0 Å². The minimum atomic E-state index is -1.72. The Morgan fingerprint density at radius 1 is 0.765 bits per heavy atom. The molecule has 2 unspecified atom stereocenters. The molecule has 2 aliphatic carbocycles. The van der Waals surface area contributed by atoms with E-state index < -0.39 is 40.5 Å². The standard InChI is InChI=1S/C12H9ClF4/c13-8-4-2-1-3-5(8)7-6(4)9(14)11(16)12(17)10(7)15/h4-5,8H,1-3H2. The van der Waals surface area contributed by atoms with Gasteiger partial charge in [-0.3, -0.25) is 0 Å². The van der Waals surface area contributed by atoms with E-state index in [1.807, 2.05) is 0 Å². The number of hydrogen-bond donors (Lipinski definition) is 0. The molecule has 0 heterocycles. The van der Waals surface area contributed by atoms with Gasteiger partial charge in [-0.25, -0.2) is 17.6 Å². The fraction of sp³-hybridized carbons (Fsp3) is 0.500. The molecule has 0 radical (unpaired) electrons. The van der Waals surface area contributed by atoms with Crippen molar-refractivity contribution < 1.29 is 17.6 Å². The first-order valence-electron chi connectivity index (χ1n) is 5.53. The van der Waals surface area contributed by atoms with E-state index in [9.17, 15) is 17.6 Å². The molecular weight excluding hydrogens is 256 g/mol. The highest BCUT2D eigenvalue weighted by atomic mass is 35.5. The predicted octanol–water partition coefficient (Wildman–Crippen LogP) is 4.22. The van der Waals surface area contributed by atoms with Gasteiger partial charge in [-0.2, -0.15) is 0 Å². The fourth-order valence-electron chi connectivity index (χ4n) is 3.15. The van der Waals surface area contributed by atoms with Gasteiger partial charge in [0.1, 0.15) is 0 Å². The summed E-state index contributed by atoms with van der Waals surface area (Å²) >= 11 is 6.12. The van der Waals surface area contributed by atoms with Crippen LogP contribution >= 0.6 is 11.6 Å². The summed E-state index contributed by atoms with van der Waals surface area (Å²) in [5.41, 5.74) is -0.0761. The SMILES string of the molecule is Fc1c(F)c(F)c2c(c1F)C1CCCC2C1Cl. The molecule has 0 spiro atoms. The lowest BCUT2D eigenvalue weighted by atomic mass is 9.86. The van der Waals surface area contributed by atoms with Crippen LogP contribution in [0.3, 0.4) is 0 Å². The summed E-state index contributed by atoms with van der Waals surface area (Å²) in [6.45, 7) is 0. The average Bonchev–Trinajstić information content (AvgIpc) is 2.51. The first-order valence-corrected chi connectivity index (χ1v) is 5.97. The molecule has 1 saturated carbocycles. The van der Waals surface area contributed by atoms with Crippen molar-refractivity contribution in [3.63, 3.8) is 0 Å². The molecule has 0 aliphatic heterocycles. The summed E-state index contributed by atoms with van der Waals surface area (Å²) in [6, 6.07) is 0. The van der Waals surface area contributed by atoms with Crippen LogP contribution in [0.25, 0.3) is 0 Å². The van der Waals surface area contributed by atoms with Crippen LogP contribution < -0.4 is 0 Å². The minimum Gasteiger partial charge on any atom is -0.203 e. The number of fused-ring (bicyclic) bond motifs is 5. The second-order valence-corrected chi connectivity index (χ2v) is 5.18. The molecule has 0 N–H and O–H groups in total. The Morgan fingerprint density at radius 3 is 1.59 bits per heavy atom. The quantitative estimate of drug-likeness (QED) is 0.285. The number of benzene rings is 1. The maximum Gasteiger partial charge on any atom is 0.197 e. The lowest BCUT2D eigenvalue weighted by Gasteiger charge is -2.24. The fourth-order valence-corrected chi connectivity index (χ4v) is 3.66. The molecule has 1 fully saturated rings. The molecule has 2 aliphatic rings. The van der Waals surface area contributed by atoms with E-state index in [-0.39, 0.29) is 11.1 Å². The molecule has 0 nitrogen and oxygen atoms in total. The van der Waals surface area contributed by atoms with Gasteiger partial charge in [-0.05, 0) is 12.8 Å². The number of rotatable bonds is 0. The third kappa shape index (κ3) is 1.30. The predicted molar refractivity (Wildman–Crippen MR) is 55.2 cm³/mol. The molecule has 2 bridgehead atoms. The Morgan fingerprint density at radius 2 is 1.18 bits per heavy atom. The summed E-state index contributed by atoms with van der Waals surface area (Å²) in [4.78, 5) is 0. The van der Waals surface area contributed by atoms with Crippen molar-refractivity contribution in [2.24, 2.45) is 0 Å². The third-order valence-corrected chi connectivity index (χ3v) is 4.49. The largest absolute Gasteiger partial charge is 0.203 e. The van der Waals surface area contributed by atoms with Gasteiger partial charge in [-0.1, -0.05) is 6.42 Å². The van der Waals surface area contributed by atoms with Crippen LogP contribution in [0.1, 0.15) is 42.2 Å². The van der Waals surface area contributed by atoms with Crippen LogP contribution in [0.15, 0.2) is 0 Å². The van der Waals surface area contributed by atoms with E-state index in [4.69, 9.17) is 11.6 Å². The van der Waals surface area contributed by atoms with Gasteiger partial charge in [0.25, 0.3) is 0 Å². The van der Waals surface area contributed by atoms with Crippen LogP contribution in [0, 0.1) is 23.3 Å². The van der Waals surface area contributed by atoms with E-state index in [1.54, 1.807) is 0 Å². The van der Waals surface area contributed by atoms with Crippen molar-refractivity contribution in [2.75, 3.05) is 0 Å². The monoisotopic (exact) mass is 264 g/mol. The second-order valence-electron chi connectivity index (χ2n) is 4.67. The van der Waals surface area contributed by atoms with Crippen LogP contribution in [-0.4, -0.2) is 5.38 Å². The summed E-state index contributed by atoms with van der Waals surface area (Å²) in [5.74, 6) is -6.77. The van der Waals surface area contributed by atoms with E-state index in [0.29, 0.717) is 12.8 Å². The first kappa shape index (κ1) is 11.3. The molecule has 3 rings (SSSR count).